The first-order valence-electron chi connectivity index (χ1n) is 6.42. The Bertz CT molecular complexity index is 218. The third-order valence-corrected chi connectivity index (χ3v) is 4.15. The molecule has 1 aliphatic carbocycles. The Morgan fingerprint density at radius 3 is 2.50 bits per heavy atom. The summed E-state index contributed by atoms with van der Waals surface area (Å²) in [5.41, 5.74) is 0.208. The molecule has 0 aromatic rings. The highest BCUT2D eigenvalue weighted by Gasteiger charge is 2.49. The summed E-state index contributed by atoms with van der Waals surface area (Å²) in [4.78, 5) is 0. The van der Waals surface area contributed by atoms with Gasteiger partial charge in [0.05, 0.1) is 6.10 Å². The van der Waals surface area contributed by atoms with Gasteiger partial charge in [0.1, 0.15) is 0 Å². The summed E-state index contributed by atoms with van der Waals surface area (Å²) in [6.07, 6.45) is 1.47. The fraction of sp³-hybridized carbons (Fsp3) is 1.00. The van der Waals surface area contributed by atoms with Crippen LogP contribution < -0.4 is 5.32 Å². The number of nitrogens with one attached hydrogen (secondary N) is 1. The molecule has 0 spiro atoms. The van der Waals surface area contributed by atoms with Crippen LogP contribution >= 0.6 is 0 Å². The van der Waals surface area contributed by atoms with Crippen molar-refractivity contribution in [1.29, 1.82) is 0 Å². The number of ether oxygens (including phenoxy) is 1. The van der Waals surface area contributed by atoms with Crippen molar-refractivity contribution < 1.29 is 9.84 Å². The maximum Gasteiger partial charge on any atom is 0.0655 e. The van der Waals surface area contributed by atoms with Crippen molar-refractivity contribution in [3.63, 3.8) is 0 Å². The molecule has 0 radical (unpaired) electrons. The molecule has 0 amide bonds. The predicted octanol–water partition coefficient (Wildman–Crippen LogP) is 1.80. The summed E-state index contributed by atoms with van der Waals surface area (Å²) in [6.45, 7) is 11.8. The van der Waals surface area contributed by atoms with Crippen LogP contribution in [0.5, 0.6) is 0 Å². The molecule has 0 aromatic heterocycles. The highest BCUT2D eigenvalue weighted by molar-refractivity contribution is 5.03. The normalized spacial score (nSPS) is 31.9. The fourth-order valence-corrected chi connectivity index (χ4v) is 2.29. The van der Waals surface area contributed by atoms with Gasteiger partial charge >= 0.3 is 0 Å². The Kier molecular flexibility index (Phi) is 4.77. The standard InChI is InChI=1S/C13H27NO2/c1-6-16-12-7-11(13(12,4)5)14-10(3)9(2)8-15/h9-12,14-15H,6-8H2,1-5H3. The van der Waals surface area contributed by atoms with Crippen LogP contribution in [0.25, 0.3) is 0 Å². The molecule has 2 N–H and O–H groups in total. The van der Waals surface area contributed by atoms with Gasteiger partial charge in [-0.25, -0.2) is 0 Å². The van der Waals surface area contributed by atoms with Crippen molar-refractivity contribution >= 4 is 0 Å². The van der Waals surface area contributed by atoms with E-state index in [1.807, 2.05) is 6.92 Å². The van der Waals surface area contributed by atoms with Gasteiger partial charge in [0, 0.05) is 30.7 Å². The Labute approximate surface area is 99.6 Å². The first-order valence-corrected chi connectivity index (χ1v) is 6.42. The van der Waals surface area contributed by atoms with Crippen molar-refractivity contribution in [3.8, 4) is 0 Å². The average Bonchev–Trinajstić information content (AvgIpc) is 2.26. The van der Waals surface area contributed by atoms with E-state index in [1.54, 1.807) is 0 Å². The maximum atomic E-state index is 9.11. The molecule has 0 saturated heterocycles. The summed E-state index contributed by atoms with van der Waals surface area (Å²) >= 11 is 0. The molecule has 3 nitrogen and oxygen atoms in total. The van der Waals surface area contributed by atoms with Crippen LogP contribution in [0.1, 0.15) is 41.0 Å². The molecule has 4 unspecified atom stereocenters. The largest absolute Gasteiger partial charge is 0.396 e. The van der Waals surface area contributed by atoms with E-state index in [1.165, 1.54) is 0 Å². The number of rotatable bonds is 6. The molecular weight excluding hydrogens is 202 g/mol. The molecule has 0 aromatic carbocycles. The zero-order chi connectivity index (χ0) is 12.3. The van der Waals surface area contributed by atoms with Gasteiger partial charge in [-0.05, 0) is 26.2 Å². The second-order valence-corrected chi connectivity index (χ2v) is 5.67. The quantitative estimate of drug-likeness (QED) is 0.729. The number of aliphatic hydroxyl groups is 1. The van der Waals surface area contributed by atoms with E-state index >= 15 is 0 Å². The van der Waals surface area contributed by atoms with Gasteiger partial charge in [-0.1, -0.05) is 20.8 Å². The molecule has 1 aliphatic rings. The van der Waals surface area contributed by atoms with Crippen LogP contribution in [-0.2, 0) is 4.74 Å². The van der Waals surface area contributed by atoms with E-state index in [4.69, 9.17) is 9.84 Å². The highest BCUT2D eigenvalue weighted by atomic mass is 16.5. The van der Waals surface area contributed by atoms with Crippen molar-refractivity contribution in [3.05, 3.63) is 0 Å². The Morgan fingerprint density at radius 2 is 2.06 bits per heavy atom. The minimum Gasteiger partial charge on any atom is -0.396 e. The van der Waals surface area contributed by atoms with E-state index in [-0.39, 0.29) is 12.0 Å². The van der Waals surface area contributed by atoms with E-state index in [2.05, 4.69) is 33.0 Å². The number of hydrogen-bond donors (Lipinski definition) is 2. The van der Waals surface area contributed by atoms with Crippen molar-refractivity contribution in [2.24, 2.45) is 11.3 Å². The van der Waals surface area contributed by atoms with Crippen LogP contribution in [-0.4, -0.2) is 36.5 Å². The SMILES string of the molecule is CCOC1CC(NC(C)C(C)CO)C1(C)C. The van der Waals surface area contributed by atoms with Crippen LogP contribution in [0.2, 0.25) is 0 Å². The minimum atomic E-state index is 0.208. The predicted molar refractivity (Wildman–Crippen MR) is 66.4 cm³/mol. The summed E-state index contributed by atoms with van der Waals surface area (Å²) in [5.74, 6) is 0.307. The molecule has 1 fully saturated rings. The molecule has 3 heteroatoms. The van der Waals surface area contributed by atoms with Gasteiger partial charge in [0.15, 0.2) is 0 Å². The zero-order valence-corrected chi connectivity index (χ0v) is 11.3. The average molecular weight is 229 g/mol. The third kappa shape index (κ3) is 2.76. The molecule has 1 saturated carbocycles. The lowest BCUT2D eigenvalue weighted by Gasteiger charge is -2.53. The first-order chi connectivity index (χ1) is 7.43. The molecule has 0 aliphatic heterocycles. The Hall–Kier alpha value is -0.120. The smallest absolute Gasteiger partial charge is 0.0655 e. The second kappa shape index (κ2) is 5.48. The van der Waals surface area contributed by atoms with E-state index in [0.717, 1.165) is 13.0 Å². The van der Waals surface area contributed by atoms with E-state index < -0.39 is 0 Å². The molecular formula is C13H27NO2. The van der Waals surface area contributed by atoms with Gasteiger partial charge < -0.3 is 15.2 Å². The van der Waals surface area contributed by atoms with Gasteiger partial charge in [0.2, 0.25) is 0 Å². The van der Waals surface area contributed by atoms with Gasteiger partial charge in [-0.15, -0.1) is 0 Å². The van der Waals surface area contributed by atoms with E-state index in [9.17, 15) is 0 Å². The van der Waals surface area contributed by atoms with Crippen molar-refractivity contribution in [2.75, 3.05) is 13.2 Å². The van der Waals surface area contributed by atoms with Crippen LogP contribution in [0.4, 0.5) is 0 Å². The second-order valence-electron chi connectivity index (χ2n) is 5.67. The molecule has 96 valence electrons. The molecule has 0 bridgehead atoms. The highest BCUT2D eigenvalue weighted by Crippen LogP contribution is 2.43. The summed E-state index contributed by atoms with van der Waals surface area (Å²) in [7, 11) is 0. The third-order valence-electron chi connectivity index (χ3n) is 4.15. The summed E-state index contributed by atoms with van der Waals surface area (Å²) in [6, 6.07) is 0.866. The van der Waals surface area contributed by atoms with Crippen molar-refractivity contribution in [1.82, 2.24) is 5.32 Å². The lowest BCUT2D eigenvalue weighted by Crippen LogP contribution is -2.63. The van der Waals surface area contributed by atoms with Crippen LogP contribution in [0, 0.1) is 11.3 Å². The van der Waals surface area contributed by atoms with Crippen LogP contribution in [0.15, 0.2) is 0 Å². The Balaban J connectivity index is 2.41. The fourth-order valence-electron chi connectivity index (χ4n) is 2.29. The van der Waals surface area contributed by atoms with Gasteiger partial charge in [-0.2, -0.15) is 0 Å². The molecule has 1 rings (SSSR count). The molecule has 0 heterocycles. The van der Waals surface area contributed by atoms with Crippen LogP contribution in [0.3, 0.4) is 0 Å². The minimum absolute atomic E-state index is 0.208. The monoisotopic (exact) mass is 229 g/mol. The Morgan fingerprint density at radius 1 is 1.44 bits per heavy atom. The topological polar surface area (TPSA) is 41.5 Å². The molecule has 4 atom stereocenters. The van der Waals surface area contributed by atoms with Gasteiger partial charge in [-0.3, -0.25) is 0 Å². The van der Waals surface area contributed by atoms with Crippen molar-refractivity contribution in [2.45, 2.75) is 59.2 Å². The number of hydrogen-bond acceptors (Lipinski definition) is 3. The zero-order valence-electron chi connectivity index (χ0n) is 11.3. The summed E-state index contributed by atoms with van der Waals surface area (Å²) in [5, 5.41) is 12.7. The first kappa shape index (κ1) is 13.9. The lowest BCUT2D eigenvalue weighted by molar-refractivity contribution is -0.117. The lowest BCUT2D eigenvalue weighted by atomic mass is 9.64. The van der Waals surface area contributed by atoms with Gasteiger partial charge in [0.25, 0.3) is 0 Å². The number of aliphatic hydroxyl groups excluding tert-OH is 1. The molecule has 16 heavy (non-hydrogen) atoms. The summed E-state index contributed by atoms with van der Waals surface area (Å²) < 4.78 is 5.70. The maximum absolute atomic E-state index is 9.11. The van der Waals surface area contributed by atoms with E-state index in [0.29, 0.717) is 24.1 Å².